The van der Waals surface area contributed by atoms with Crippen molar-refractivity contribution in [3.8, 4) is 5.75 Å². The lowest BCUT2D eigenvalue weighted by Gasteiger charge is -2.45. The maximum Gasteiger partial charge on any atom is 0.490 e. The Morgan fingerprint density at radius 3 is 2.22 bits per heavy atom. The predicted octanol–water partition coefficient (Wildman–Crippen LogP) is 2.53. The number of carbonyl (C=O) groups is 2. The standard InChI is InChI=1S/C21H33N3O4S.C2HF3O2/c1-17(2)13-24-15-21(9-11-23(12-10-21)14-20(25)22(3)4)16-28-18-7-5-6-8-19(18)29(24,26)27;3-2(4,5)1(6)7/h5-8,17H,9-16H2,1-4H3;(H,6,7). The summed E-state index contributed by atoms with van der Waals surface area (Å²) in [6.45, 7) is 7.45. The molecule has 1 amide bonds. The molecule has 1 aromatic rings. The van der Waals surface area contributed by atoms with Gasteiger partial charge in [-0.05, 0) is 44.0 Å². The van der Waals surface area contributed by atoms with Crippen LogP contribution < -0.4 is 4.74 Å². The van der Waals surface area contributed by atoms with Crippen LogP contribution in [-0.2, 0) is 19.6 Å². The molecule has 1 N–H and O–H groups in total. The molecular formula is C23H34F3N3O6S. The zero-order chi connectivity index (χ0) is 27.3. The first-order valence-electron chi connectivity index (χ1n) is 11.5. The largest absolute Gasteiger partial charge is 0.492 e. The molecule has 1 fully saturated rings. The molecule has 0 atom stereocenters. The predicted molar refractivity (Wildman–Crippen MR) is 126 cm³/mol. The number of aliphatic carboxylic acids is 1. The van der Waals surface area contributed by atoms with Crippen molar-refractivity contribution in [1.29, 1.82) is 0 Å². The number of hydrogen-bond acceptors (Lipinski definition) is 6. The Bertz CT molecular complexity index is 1020. The normalized spacial score (nSPS) is 19.8. The van der Waals surface area contributed by atoms with Crippen LogP contribution in [-0.4, -0.2) is 99.1 Å². The lowest BCUT2D eigenvalue weighted by molar-refractivity contribution is -0.192. The van der Waals surface area contributed by atoms with Gasteiger partial charge in [0.15, 0.2) is 0 Å². The lowest BCUT2D eigenvalue weighted by atomic mass is 9.78. The van der Waals surface area contributed by atoms with Crippen molar-refractivity contribution in [2.45, 2.75) is 37.8 Å². The van der Waals surface area contributed by atoms with E-state index in [1.54, 1.807) is 41.5 Å². The van der Waals surface area contributed by atoms with Crippen molar-refractivity contribution in [3.05, 3.63) is 24.3 Å². The molecule has 0 radical (unpaired) electrons. The molecule has 0 aliphatic carbocycles. The first-order chi connectivity index (χ1) is 16.6. The van der Waals surface area contributed by atoms with Crippen LogP contribution in [0.3, 0.4) is 0 Å². The van der Waals surface area contributed by atoms with Crippen LogP contribution in [0.15, 0.2) is 29.2 Å². The number of carboxylic acids is 1. The number of likely N-dealkylation sites (N-methyl/N-ethyl adjacent to an activating group) is 1. The van der Waals surface area contributed by atoms with Gasteiger partial charge >= 0.3 is 12.1 Å². The molecule has 13 heteroatoms. The van der Waals surface area contributed by atoms with Crippen molar-refractivity contribution in [2.75, 3.05) is 53.4 Å². The van der Waals surface area contributed by atoms with Gasteiger partial charge < -0.3 is 14.7 Å². The van der Waals surface area contributed by atoms with Crippen molar-refractivity contribution < 1.29 is 41.0 Å². The molecule has 2 aliphatic rings. The number of para-hydroxylation sites is 1. The van der Waals surface area contributed by atoms with Crippen molar-refractivity contribution in [1.82, 2.24) is 14.1 Å². The van der Waals surface area contributed by atoms with E-state index < -0.39 is 22.2 Å². The Hall–Kier alpha value is -2.38. The van der Waals surface area contributed by atoms with Gasteiger partial charge in [0.2, 0.25) is 15.9 Å². The Kier molecular flexibility index (Phi) is 9.77. The molecule has 0 saturated carbocycles. The van der Waals surface area contributed by atoms with Crippen molar-refractivity contribution in [2.24, 2.45) is 11.3 Å². The quantitative estimate of drug-likeness (QED) is 0.629. The highest BCUT2D eigenvalue weighted by molar-refractivity contribution is 7.89. The number of sulfonamides is 1. The second-order valence-electron chi connectivity index (χ2n) is 9.79. The fourth-order valence-corrected chi connectivity index (χ4v) is 5.90. The molecule has 0 bridgehead atoms. The topological polar surface area (TPSA) is 107 Å². The molecule has 3 rings (SSSR count). The monoisotopic (exact) mass is 537 g/mol. The third-order valence-corrected chi connectivity index (χ3v) is 7.95. The molecule has 36 heavy (non-hydrogen) atoms. The van der Waals surface area contributed by atoms with Crippen LogP contribution in [0.5, 0.6) is 5.75 Å². The molecule has 1 aromatic carbocycles. The number of carbonyl (C=O) groups excluding carboxylic acids is 1. The first kappa shape index (κ1) is 29.8. The summed E-state index contributed by atoms with van der Waals surface area (Å²) in [7, 11) is -0.0901. The molecule has 1 spiro atoms. The number of rotatable bonds is 4. The summed E-state index contributed by atoms with van der Waals surface area (Å²) in [5.74, 6) is -2.00. The third-order valence-electron chi connectivity index (χ3n) is 6.10. The lowest BCUT2D eigenvalue weighted by Crippen LogP contribution is -2.53. The van der Waals surface area contributed by atoms with Gasteiger partial charge in [-0.3, -0.25) is 9.69 Å². The second-order valence-corrected chi connectivity index (χ2v) is 11.7. The zero-order valence-electron chi connectivity index (χ0n) is 20.9. The van der Waals surface area contributed by atoms with Crippen LogP contribution >= 0.6 is 0 Å². The van der Waals surface area contributed by atoms with Gasteiger partial charge in [-0.25, -0.2) is 13.2 Å². The average molecular weight is 538 g/mol. The van der Waals surface area contributed by atoms with Gasteiger partial charge in [-0.2, -0.15) is 17.5 Å². The minimum Gasteiger partial charge on any atom is -0.492 e. The smallest absolute Gasteiger partial charge is 0.490 e. The van der Waals surface area contributed by atoms with Gasteiger partial charge in [-0.1, -0.05) is 26.0 Å². The molecule has 2 aliphatic heterocycles. The highest BCUT2D eigenvalue weighted by Gasteiger charge is 2.43. The number of piperidine rings is 1. The van der Waals surface area contributed by atoms with Crippen LogP contribution in [0.1, 0.15) is 26.7 Å². The minimum absolute atomic E-state index is 0.0906. The van der Waals surface area contributed by atoms with Crippen molar-refractivity contribution in [3.63, 3.8) is 0 Å². The van der Waals surface area contributed by atoms with E-state index in [0.717, 1.165) is 25.9 Å². The summed E-state index contributed by atoms with van der Waals surface area (Å²) in [6.07, 6.45) is -3.47. The summed E-state index contributed by atoms with van der Waals surface area (Å²) in [6, 6.07) is 6.92. The van der Waals surface area contributed by atoms with E-state index in [4.69, 9.17) is 14.6 Å². The van der Waals surface area contributed by atoms with Gasteiger partial charge in [0.1, 0.15) is 10.6 Å². The molecule has 2 heterocycles. The van der Waals surface area contributed by atoms with Crippen LogP contribution in [0.4, 0.5) is 13.2 Å². The SMILES string of the molecule is CC(C)CN1CC2(CCN(CC(=O)N(C)C)CC2)COc2ccccc2S1(=O)=O.O=C(O)C(F)(F)F. The average Bonchev–Trinajstić information content (AvgIpc) is 2.78. The number of nitrogens with zero attached hydrogens (tertiary/aromatic N) is 3. The molecule has 204 valence electrons. The number of amides is 1. The van der Waals surface area contributed by atoms with Crippen molar-refractivity contribution >= 4 is 21.9 Å². The van der Waals surface area contributed by atoms with Gasteiger partial charge in [-0.15, -0.1) is 0 Å². The highest BCUT2D eigenvalue weighted by atomic mass is 32.2. The second kappa shape index (κ2) is 11.8. The highest BCUT2D eigenvalue weighted by Crippen LogP contribution is 2.39. The van der Waals surface area contributed by atoms with Crippen LogP contribution in [0.25, 0.3) is 0 Å². The fraction of sp³-hybridized carbons (Fsp3) is 0.652. The molecular weight excluding hydrogens is 503 g/mol. The van der Waals surface area contributed by atoms with E-state index in [1.165, 1.54) is 0 Å². The van der Waals surface area contributed by atoms with Crippen LogP contribution in [0.2, 0.25) is 0 Å². The van der Waals surface area contributed by atoms with Gasteiger partial charge in [0.05, 0.1) is 13.2 Å². The number of hydrogen-bond donors (Lipinski definition) is 1. The summed E-state index contributed by atoms with van der Waals surface area (Å²) < 4.78 is 66.3. The molecule has 0 aromatic heterocycles. The maximum absolute atomic E-state index is 13.4. The van der Waals surface area contributed by atoms with E-state index in [-0.39, 0.29) is 22.1 Å². The van der Waals surface area contributed by atoms with E-state index in [2.05, 4.69) is 4.90 Å². The molecule has 0 unspecified atom stereocenters. The number of halogens is 3. The number of carboxylic acid groups (broad SMARTS) is 1. The maximum atomic E-state index is 13.4. The van der Waals surface area contributed by atoms with Gasteiger partial charge in [0, 0.05) is 32.6 Å². The van der Waals surface area contributed by atoms with E-state index in [0.29, 0.717) is 32.0 Å². The molecule has 1 saturated heterocycles. The minimum atomic E-state index is -5.08. The Morgan fingerprint density at radius 2 is 1.72 bits per heavy atom. The summed E-state index contributed by atoms with van der Waals surface area (Å²) >= 11 is 0. The van der Waals surface area contributed by atoms with Gasteiger partial charge in [0.25, 0.3) is 0 Å². The Morgan fingerprint density at radius 1 is 1.17 bits per heavy atom. The Balaban J connectivity index is 0.000000572. The van der Waals surface area contributed by atoms with E-state index in [1.807, 2.05) is 19.9 Å². The number of ether oxygens (including phenoxy) is 1. The molecule has 9 nitrogen and oxygen atoms in total. The number of fused-ring (bicyclic) bond motifs is 1. The first-order valence-corrected chi connectivity index (χ1v) is 13.0. The number of benzene rings is 1. The summed E-state index contributed by atoms with van der Waals surface area (Å²) in [4.78, 5) is 25.0. The van der Waals surface area contributed by atoms with E-state index in [9.17, 15) is 26.4 Å². The summed E-state index contributed by atoms with van der Waals surface area (Å²) in [5.41, 5.74) is -0.243. The zero-order valence-corrected chi connectivity index (χ0v) is 21.7. The number of alkyl halides is 3. The van der Waals surface area contributed by atoms with E-state index >= 15 is 0 Å². The Labute approximate surface area is 209 Å². The summed E-state index contributed by atoms with van der Waals surface area (Å²) in [5, 5.41) is 7.12. The third kappa shape index (κ3) is 7.81. The number of likely N-dealkylation sites (tertiary alicyclic amines) is 1. The fourth-order valence-electron chi connectivity index (χ4n) is 4.05. The van der Waals surface area contributed by atoms with Crippen LogP contribution in [0, 0.1) is 11.3 Å².